The summed E-state index contributed by atoms with van der Waals surface area (Å²) in [7, 11) is 1.71. The van der Waals surface area contributed by atoms with Crippen molar-refractivity contribution in [3.63, 3.8) is 0 Å². The van der Waals surface area contributed by atoms with Crippen LogP contribution >= 0.6 is 11.8 Å². The summed E-state index contributed by atoms with van der Waals surface area (Å²) in [4.78, 5) is 2.54. The van der Waals surface area contributed by atoms with Crippen molar-refractivity contribution in [1.29, 1.82) is 0 Å². The molecule has 0 bridgehead atoms. The maximum atomic E-state index is 4.99. The van der Waals surface area contributed by atoms with Crippen molar-refractivity contribution in [2.75, 3.05) is 52.2 Å². The Morgan fingerprint density at radius 3 is 2.90 bits per heavy atom. The number of rotatable bonds is 11. The van der Waals surface area contributed by atoms with Gasteiger partial charge in [0.25, 0.3) is 0 Å². The quantitative estimate of drug-likeness (QED) is 0.471. The Labute approximate surface area is 130 Å². The standard InChI is InChI=1S/C13H26N6OS/c1-20-11-6-14-5-10-19-13(15-16-17-19)21-12-4-9-18-7-2-3-8-18/h14H,2-12H2,1H3. The lowest BCUT2D eigenvalue weighted by Crippen LogP contribution is -2.24. The highest BCUT2D eigenvalue weighted by molar-refractivity contribution is 7.99. The fourth-order valence-electron chi connectivity index (χ4n) is 2.38. The molecule has 1 aliphatic rings. The minimum Gasteiger partial charge on any atom is -0.383 e. The summed E-state index contributed by atoms with van der Waals surface area (Å²) in [6, 6.07) is 0. The first kappa shape index (κ1) is 16.7. The van der Waals surface area contributed by atoms with Crippen LogP contribution in [0.3, 0.4) is 0 Å². The Kier molecular flexibility index (Phi) is 8.01. The van der Waals surface area contributed by atoms with Gasteiger partial charge in [0.2, 0.25) is 5.16 Å². The van der Waals surface area contributed by atoms with E-state index in [0.29, 0.717) is 0 Å². The zero-order valence-corrected chi connectivity index (χ0v) is 13.6. The first-order chi connectivity index (χ1) is 10.4. The highest BCUT2D eigenvalue weighted by Gasteiger charge is 2.11. The Hall–Kier alpha value is -0.700. The number of ether oxygens (including phenoxy) is 1. The van der Waals surface area contributed by atoms with Crippen LogP contribution in [0.5, 0.6) is 0 Å². The number of nitrogens with one attached hydrogen (secondary N) is 1. The summed E-state index contributed by atoms with van der Waals surface area (Å²) in [6.45, 7) is 6.99. The topological polar surface area (TPSA) is 68.1 Å². The molecule has 0 atom stereocenters. The van der Waals surface area contributed by atoms with Gasteiger partial charge in [0, 0.05) is 26.0 Å². The van der Waals surface area contributed by atoms with Crippen LogP contribution in [0.4, 0.5) is 0 Å². The summed E-state index contributed by atoms with van der Waals surface area (Å²) < 4.78 is 6.87. The van der Waals surface area contributed by atoms with Gasteiger partial charge in [0.15, 0.2) is 0 Å². The SMILES string of the molecule is COCCNCCn1nnnc1SCCCN1CCCC1. The molecule has 0 radical (unpaired) electrons. The molecule has 0 amide bonds. The predicted octanol–water partition coefficient (Wildman–Crippen LogP) is 0.487. The number of hydrogen-bond acceptors (Lipinski definition) is 7. The molecule has 1 aliphatic heterocycles. The van der Waals surface area contributed by atoms with Gasteiger partial charge in [-0.05, 0) is 49.3 Å². The average molecular weight is 314 g/mol. The molecule has 1 aromatic rings. The maximum Gasteiger partial charge on any atom is 0.209 e. The van der Waals surface area contributed by atoms with Crippen LogP contribution < -0.4 is 5.32 Å². The van der Waals surface area contributed by atoms with Gasteiger partial charge in [-0.15, -0.1) is 5.10 Å². The van der Waals surface area contributed by atoms with E-state index in [-0.39, 0.29) is 0 Å². The molecule has 7 nitrogen and oxygen atoms in total. The van der Waals surface area contributed by atoms with E-state index in [1.807, 2.05) is 4.68 Å². The second kappa shape index (κ2) is 10.1. The summed E-state index contributed by atoms with van der Waals surface area (Å²) in [5, 5.41) is 16.1. The summed E-state index contributed by atoms with van der Waals surface area (Å²) in [5.41, 5.74) is 0. The van der Waals surface area contributed by atoms with E-state index in [2.05, 4.69) is 25.7 Å². The number of methoxy groups -OCH3 is 1. The second-order valence-electron chi connectivity index (χ2n) is 5.18. The fraction of sp³-hybridized carbons (Fsp3) is 0.923. The van der Waals surface area contributed by atoms with E-state index >= 15 is 0 Å². The Morgan fingerprint density at radius 1 is 1.24 bits per heavy atom. The van der Waals surface area contributed by atoms with Crippen molar-refractivity contribution in [3.8, 4) is 0 Å². The van der Waals surface area contributed by atoms with Crippen LogP contribution in [0.2, 0.25) is 0 Å². The van der Waals surface area contributed by atoms with Crippen LogP contribution in [0.15, 0.2) is 5.16 Å². The van der Waals surface area contributed by atoms with E-state index in [9.17, 15) is 0 Å². The molecule has 0 aliphatic carbocycles. The molecule has 0 unspecified atom stereocenters. The Balaban J connectivity index is 1.58. The van der Waals surface area contributed by atoms with Gasteiger partial charge in [-0.3, -0.25) is 0 Å². The number of aromatic nitrogens is 4. The van der Waals surface area contributed by atoms with Gasteiger partial charge < -0.3 is 15.0 Å². The largest absolute Gasteiger partial charge is 0.383 e. The molecule has 21 heavy (non-hydrogen) atoms. The van der Waals surface area contributed by atoms with Gasteiger partial charge in [0.05, 0.1) is 13.2 Å². The number of nitrogens with zero attached hydrogens (tertiary/aromatic N) is 5. The Bertz CT molecular complexity index is 382. The van der Waals surface area contributed by atoms with Crippen LogP contribution in [-0.2, 0) is 11.3 Å². The van der Waals surface area contributed by atoms with E-state index in [4.69, 9.17) is 4.74 Å². The number of hydrogen-bond donors (Lipinski definition) is 1. The van der Waals surface area contributed by atoms with Crippen molar-refractivity contribution >= 4 is 11.8 Å². The summed E-state index contributed by atoms with van der Waals surface area (Å²) in [6.07, 6.45) is 3.92. The minimum atomic E-state index is 0.730. The van der Waals surface area contributed by atoms with Gasteiger partial charge in [-0.1, -0.05) is 11.8 Å². The van der Waals surface area contributed by atoms with Crippen LogP contribution in [0, 0.1) is 0 Å². The zero-order valence-electron chi connectivity index (χ0n) is 12.8. The smallest absolute Gasteiger partial charge is 0.209 e. The minimum absolute atomic E-state index is 0.730. The molecular formula is C13H26N6OS. The first-order valence-corrected chi connectivity index (χ1v) is 8.69. The van der Waals surface area contributed by atoms with Crippen LogP contribution in [0.1, 0.15) is 19.3 Å². The third kappa shape index (κ3) is 6.29. The molecule has 1 N–H and O–H groups in total. The highest BCUT2D eigenvalue weighted by Crippen LogP contribution is 2.15. The summed E-state index contributed by atoms with van der Waals surface area (Å²) in [5.74, 6) is 1.08. The molecule has 0 spiro atoms. The average Bonchev–Trinajstić information content (AvgIpc) is 3.15. The molecule has 2 rings (SSSR count). The van der Waals surface area contributed by atoms with E-state index in [1.165, 1.54) is 38.9 Å². The second-order valence-corrected chi connectivity index (χ2v) is 6.24. The van der Waals surface area contributed by atoms with Gasteiger partial charge >= 0.3 is 0 Å². The predicted molar refractivity (Wildman–Crippen MR) is 83.6 cm³/mol. The van der Waals surface area contributed by atoms with E-state index in [0.717, 1.165) is 37.2 Å². The van der Waals surface area contributed by atoms with Gasteiger partial charge in [-0.25, -0.2) is 4.68 Å². The number of tetrazole rings is 1. The maximum absolute atomic E-state index is 4.99. The Morgan fingerprint density at radius 2 is 2.10 bits per heavy atom. The molecule has 1 fully saturated rings. The van der Waals surface area contributed by atoms with Gasteiger partial charge in [0.1, 0.15) is 0 Å². The molecule has 2 heterocycles. The molecule has 0 saturated carbocycles. The lowest BCUT2D eigenvalue weighted by molar-refractivity contribution is 0.199. The third-order valence-corrected chi connectivity index (χ3v) is 4.57. The third-order valence-electron chi connectivity index (χ3n) is 3.53. The molecular weight excluding hydrogens is 288 g/mol. The fourth-order valence-corrected chi connectivity index (χ4v) is 3.21. The molecule has 1 saturated heterocycles. The summed E-state index contributed by atoms with van der Waals surface area (Å²) >= 11 is 1.75. The van der Waals surface area contributed by atoms with Crippen molar-refractivity contribution in [3.05, 3.63) is 0 Å². The van der Waals surface area contributed by atoms with Crippen molar-refractivity contribution in [1.82, 2.24) is 30.4 Å². The number of thioether (sulfide) groups is 1. The van der Waals surface area contributed by atoms with Crippen molar-refractivity contribution in [2.45, 2.75) is 31.0 Å². The molecule has 0 aromatic carbocycles. The van der Waals surface area contributed by atoms with E-state index in [1.54, 1.807) is 18.9 Å². The lowest BCUT2D eigenvalue weighted by atomic mass is 10.4. The highest BCUT2D eigenvalue weighted by atomic mass is 32.2. The van der Waals surface area contributed by atoms with E-state index < -0.39 is 0 Å². The van der Waals surface area contributed by atoms with Crippen LogP contribution in [-0.4, -0.2) is 77.3 Å². The molecule has 120 valence electrons. The first-order valence-electron chi connectivity index (χ1n) is 7.71. The molecule has 8 heteroatoms. The molecule has 1 aromatic heterocycles. The van der Waals surface area contributed by atoms with Crippen molar-refractivity contribution in [2.24, 2.45) is 0 Å². The zero-order chi connectivity index (χ0) is 14.8. The lowest BCUT2D eigenvalue weighted by Gasteiger charge is -2.13. The number of likely N-dealkylation sites (tertiary alicyclic amines) is 1. The monoisotopic (exact) mass is 314 g/mol. The van der Waals surface area contributed by atoms with Crippen molar-refractivity contribution < 1.29 is 4.74 Å². The normalized spacial score (nSPS) is 15.9. The van der Waals surface area contributed by atoms with Crippen LogP contribution in [0.25, 0.3) is 0 Å². The van der Waals surface area contributed by atoms with Gasteiger partial charge in [-0.2, -0.15) is 0 Å².